The van der Waals surface area contributed by atoms with E-state index in [-0.39, 0.29) is 4.51 Å². The number of hydrogen-bond donors (Lipinski definition) is 0. The van der Waals surface area contributed by atoms with Gasteiger partial charge < -0.3 is 9.47 Å². The third kappa shape index (κ3) is 2.07. The summed E-state index contributed by atoms with van der Waals surface area (Å²) in [6, 6.07) is 0. The average molecular weight is 219 g/mol. The van der Waals surface area contributed by atoms with Gasteiger partial charge in [-0.1, -0.05) is 6.08 Å². The van der Waals surface area contributed by atoms with Crippen molar-refractivity contribution in [3.05, 3.63) is 24.0 Å². The molecule has 0 fully saturated rings. The second-order valence-electron chi connectivity index (χ2n) is 2.36. The standard InChI is InChI=1S/C8H11BrO2/c1-10-7-4-3-5-8(9,6-7)11-2/h3-5H,6H2,1-2H3. The lowest BCUT2D eigenvalue weighted by Gasteiger charge is -2.25. The highest BCUT2D eigenvalue weighted by Crippen LogP contribution is 2.31. The van der Waals surface area contributed by atoms with Crippen LogP contribution in [0.4, 0.5) is 0 Å². The fourth-order valence-corrected chi connectivity index (χ4v) is 1.36. The SMILES string of the molecule is COC1=CC=CC(Br)(OC)C1. The minimum atomic E-state index is -0.368. The Hall–Kier alpha value is -0.280. The predicted molar refractivity (Wildman–Crippen MR) is 47.5 cm³/mol. The molecule has 11 heavy (non-hydrogen) atoms. The third-order valence-electron chi connectivity index (χ3n) is 1.64. The maximum absolute atomic E-state index is 5.22. The highest BCUT2D eigenvalue weighted by atomic mass is 79.9. The van der Waals surface area contributed by atoms with Gasteiger partial charge in [-0.3, -0.25) is 0 Å². The first-order valence-corrected chi connectivity index (χ1v) is 4.16. The summed E-state index contributed by atoms with van der Waals surface area (Å²) >= 11 is 3.45. The lowest BCUT2D eigenvalue weighted by atomic mass is 10.1. The van der Waals surface area contributed by atoms with Crippen LogP contribution in [0.1, 0.15) is 6.42 Å². The highest BCUT2D eigenvalue weighted by molar-refractivity contribution is 9.10. The van der Waals surface area contributed by atoms with Crippen molar-refractivity contribution in [1.82, 2.24) is 0 Å². The topological polar surface area (TPSA) is 18.5 Å². The van der Waals surface area contributed by atoms with Crippen molar-refractivity contribution in [3.8, 4) is 0 Å². The normalized spacial score (nSPS) is 29.9. The number of halogens is 1. The second kappa shape index (κ2) is 3.41. The second-order valence-corrected chi connectivity index (χ2v) is 3.71. The molecule has 0 bridgehead atoms. The van der Waals surface area contributed by atoms with Crippen molar-refractivity contribution in [1.29, 1.82) is 0 Å². The van der Waals surface area contributed by atoms with Gasteiger partial charge in [0.2, 0.25) is 0 Å². The van der Waals surface area contributed by atoms with Crippen LogP contribution in [-0.4, -0.2) is 18.7 Å². The van der Waals surface area contributed by atoms with Crippen LogP contribution in [0, 0.1) is 0 Å². The highest BCUT2D eigenvalue weighted by Gasteiger charge is 2.26. The van der Waals surface area contributed by atoms with Gasteiger partial charge in [0.05, 0.1) is 12.9 Å². The van der Waals surface area contributed by atoms with E-state index < -0.39 is 0 Å². The number of alkyl halides is 1. The Kier molecular flexibility index (Phi) is 2.73. The maximum atomic E-state index is 5.22. The van der Waals surface area contributed by atoms with Gasteiger partial charge in [-0.25, -0.2) is 0 Å². The van der Waals surface area contributed by atoms with Crippen LogP contribution in [0.2, 0.25) is 0 Å². The fraction of sp³-hybridized carbons (Fsp3) is 0.500. The average Bonchev–Trinajstić information content (AvgIpc) is 2.05. The Morgan fingerprint density at radius 3 is 2.82 bits per heavy atom. The Bertz CT molecular complexity index is 198. The quantitative estimate of drug-likeness (QED) is 0.663. The Labute approximate surface area is 75.0 Å². The van der Waals surface area contributed by atoms with Crippen LogP contribution in [0.3, 0.4) is 0 Å². The molecular weight excluding hydrogens is 208 g/mol. The van der Waals surface area contributed by atoms with Gasteiger partial charge >= 0.3 is 0 Å². The van der Waals surface area contributed by atoms with Gasteiger partial charge in [-0.15, -0.1) is 0 Å². The first kappa shape index (κ1) is 8.81. The molecule has 0 N–H and O–H groups in total. The molecule has 0 saturated heterocycles. The summed E-state index contributed by atoms with van der Waals surface area (Å²) in [5.74, 6) is 0.922. The number of allylic oxidation sites excluding steroid dienone is 2. The molecule has 0 amide bonds. The van der Waals surface area contributed by atoms with E-state index in [2.05, 4.69) is 15.9 Å². The molecule has 0 heterocycles. The van der Waals surface area contributed by atoms with E-state index in [1.807, 2.05) is 18.2 Å². The number of rotatable bonds is 2. The van der Waals surface area contributed by atoms with E-state index in [1.165, 1.54) is 0 Å². The zero-order valence-corrected chi connectivity index (χ0v) is 8.22. The Balaban J connectivity index is 2.68. The van der Waals surface area contributed by atoms with Gasteiger partial charge in [0.25, 0.3) is 0 Å². The van der Waals surface area contributed by atoms with Crippen LogP contribution in [-0.2, 0) is 9.47 Å². The van der Waals surface area contributed by atoms with Gasteiger partial charge in [0, 0.05) is 13.5 Å². The molecule has 0 aromatic carbocycles. The van der Waals surface area contributed by atoms with Crippen LogP contribution >= 0.6 is 15.9 Å². The van der Waals surface area contributed by atoms with Crippen LogP contribution in [0.15, 0.2) is 24.0 Å². The van der Waals surface area contributed by atoms with Gasteiger partial charge in [0.1, 0.15) is 4.51 Å². The largest absolute Gasteiger partial charge is 0.501 e. The van der Waals surface area contributed by atoms with Gasteiger partial charge in [-0.05, 0) is 28.1 Å². The summed E-state index contributed by atoms with van der Waals surface area (Å²) in [7, 11) is 3.33. The smallest absolute Gasteiger partial charge is 0.148 e. The van der Waals surface area contributed by atoms with E-state index in [0.29, 0.717) is 0 Å². The van der Waals surface area contributed by atoms with Crippen molar-refractivity contribution in [2.24, 2.45) is 0 Å². The maximum Gasteiger partial charge on any atom is 0.148 e. The molecule has 0 aliphatic heterocycles. The molecule has 2 nitrogen and oxygen atoms in total. The molecule has 1 atom stereocenters. The molecule has 0 spiro atoms. The Morgan fingerprint density at radius 2 is 2.27 bits per heavy atom. The number of hydrogen-bond acceptors (Lipinski definition) is 2. The zero-order valence-electron chi connectivity index (χ0n) is 6.63. The lowest BCUT2D eigenvalue weighted by molar-refractivity contribution is 0.0997. The van der Waals surface area contributed by atoms with Crippen molar-refractivity contribution in [2.45, 2.75) is 10.9 Å². The van der Waals surface area contributed by atoms with Crippen LogP contribution in [0.5, 0.6) is 0 Å². The summed E-state index contributed by atoms with van der Waals surface area (Å²) in [6.07, 6.45) is 6.53. The summed E-state index contributed by atoms with van der Waals surface area (Å²) in [5, 5.41) is 0. The molecule has 62 valence electrons. The molecule has 0 radical (unpaired) electrons. The molecule has 1 aliphatic rings. The van der Waals surface area contributed by atoms with E-state index in [4.69, 9.17) is 9.47 Å². The van der Waals surface area contributed by atoms with E-state index in [0.717, 1.165) is 12.2 Å². The molecular formula is C8H11BrO2. The van der Waals surface area contributed by atoms with Crippen molar-refractivity contribution in [3.63, 3.8) is 0 Å². The van der Waals surface area contributed by atoms with Crippen LogP contribution in [0.25, 0.3) is 0 Å². The molecule has 1 rings (SSSR count). The minimum absolute atomic E-state index is 0.368. The summed E-state index contributed by atoms with van der Waals surface area (Å²) in [5.41, 5.74) is 0. The molecule has 3 heteroatoms. The number of methoxy groups -OCH3 is 2. The van der Waals surface area contributed by atoms with Crippen molar-refractivity contribution >= 4 is 15.9 Å². The minimum Gasteiger partial charge on any atom is -0.501 e. The zero-order chi connectivity index (χ0) is 8.32. The van der Waals surface area contributed by atoms with E-state index in [1.54, 1.807) is 14.2 Å². The van der Waals surface area contributed by atoms with E-state index in [9.17, 15) is 0 Å². The Morgan fingerprint density at radius 1 is 1.55 bits per heavy atom. The lowest BCUT2D eigenvalue weighted by Crippen LogP contribution is -2.23. The third-order valence-corrected chi connectivity index (χ3v) is 2.51. The first-order chi connectivity index (χ1) is 5.20. The predicted octanol–water partition coefficient (Wildman–Crippen LogP) is 2.21. The summed E-state index contributed by atoms with van der Waals surface area (Å²) in [4.78, 5) is 0. The molecule has 1 unspecified atom stereocenters. The van der Waals surface area contributed by atoms with Crippen molar-refractivity contribution in [2.75, 3.05) is 14.2 Å². The molecule has 0 aromatic heterocycles. The van der Waals surface area contributed by atoms with E-state index >= 15 is 0 Å². The molecule has 0 saturated carbocycles. The summed E-state index contributed by atoms with van der Waals surface area (Å²) in [6.45, 7) is 0. The summed E-state index contributed by atoms with van der Waals surface area (Å²) < 4.78 is 9.94. The number of ether oxygens (including phenoxy) is 2. The first-order valence-electron chi connectivity index (χ1n) is 3.36. The van der Waals surface area contributed by atoms with Crippen molar-refractivity contribution < 1.29 is 9.47 Å². The van der Waals surface area contributed by atoms with Gasteiger partial charge in [-0.2, -0.15) is 0 Å². The van der Waals surface area contributed by atoms with Gasteiger partial charge in [0.15, 0.2) is 0 Å². The van der Waals surface area contributed by atoms with Crippen LogP contribution < -0.4 is 0 Å². The molecule has 1 aliphatic carbocycles. The molecule has 0 aromatic rings. The fourth-order valence-electron chi connectivity index (χ4n) is 0.935. The monoisotopic (exact) mass is 218 g/mol.